The molecule has 0 aliphatic rings. The van der Waals surface area contributed by atoms with Gasteiger partial charge in [-0.1, -0.05) is 5.16 Å². The lowest BCUT2D eigenvalue weighted by Crippen LogP contribution is -1.88. The highest BCUT2D eigenvalue weighted by atomic mass is 16.5. The van der Waals surface area contributed by atoms with Gasteiger partial charge in [-0.25, -0.2) is 15.0 Å². The van der Waals surface area contributed by atoms with Gasteiger partial charge in [-0.15, -0.1) is 0 Å². The highest BCUT2D eigenvalue weighted by Crippen LogP contribution is 2.20. The topological polar surface area (TPSA) is 90.7 Å². The van der Waals surface area contributed by atoms with E-state index in [1.54, 1.807) is 19.3 Å². The van der Waals surface area contributed by atoms with Crippen LogP contribution >= 0.6 is 0 Å². The van der Waals surface area contributed by atoms with Crippen LogP contribution in [0.25, 0.3) is 23.0 Å². The third kappa shape index (κ3) is 1.86. The van der Waals surface area contributed by atoms with Crippen molar-refractivity contribution in [3.63, 3.8) is 0 Å². The lowest BCUT2D eigenvalue weighted by atomic mass is 10.3. The Kier molecular flexibility index (Phi) is 2.36. The monoisotopic (exact) mass is 243 g/mol. The van der Waals surface area contributed by atoms with E-state index in [-0.39, 0.29) is 0 Å². The first-order chi connectivity index (χ1) is 8.72. The van der Waals surface area contributed by atoms with E-state index in [2.05, 4.69) is 25.1 Å². The Bertz CT molecular complexity index is 671. The largest absolute Gasteiger partial charge is 0.448 e. The lowest BCUT2D eigenvalue weighted by molar-refractivity contribution is 0.430. The second kappa shape index (κ2) is 4.02. The average molecular weight is 243 g/mol. The van der Waals surface area contributed by atoms with Gasteiger partial charge in [0.15, 0.2) is 11.6 Å². The summed E-state index contributed by atoms with van der Waals surface area (Å²) in [6, 6.07) is 0. The molecule has 0 radical (unpaired) electrons. The molecule has 0 amide bonds. The van der Waals surface area contributed by atoms with Crippen molar-refractivity contribution in [2.24, 2.45) is 0 Å². The normalized spacial score (nSPS) is 10.8. The van der Waals surface area contributed by atoms with Crippen LogP contribution < -0.4 is 0 Å². The van der Waals surface area contributed by atoms with Gasteiger partial charge in [0.1, 0.15) is 12.1 Å². The maximum absolute atomic E-state index is 5.11. The quantitative estimate of drug-likeness (QED) is 0.677. The van der Waals surface area contributed by atoms with Crippen molar-refractivity contribution >= 4 is 0 Å². The van der Waals surface area contributed by atoms with Crippen LogP contribution in [0.1, 0.15) is 11.7 Å². The maximum atomic E-state index is 5.11. The molecule has 0 fully saturated rings. The van der Waals surface area contributed by atoms with Crippen LogP contribution in [0.4, 0.5) is 0 Å². The van der Waals surface area contributed by atoms with E-state index in [4.69, 9.17) is 8.94 Å². The molecule has 0 saturated heterocycles. The fraction of sp³-hybridized carbons (Fsp3) is 0.182. The van der Waals surface area contributed by atoms with Crippen LogP contribution in [-0.4, -0.2) is 25.1 Å². The van der Waals surface area contributed by atoms with E-state index in [1.807, 2.05) is 6.92 Å². The van der Waals surface area contributed by atoms with Crippen molar-refractivity contribution in [3.05, 3.63) is 30.4 Å². The number of hydrogen-bond donors (Lipinski definition) is 0. The van der Waals surface area contributed by atoms with Crippen molar-refractivity contribution in [2.75, 3.05) is 0 Å². The van der Waals surface area contributed by atoms with Crippen molar-refractivity contribution in [3.8, 4) is 23.0 Å². The maximum Gasteiger partial charge on any atom is 0.280 e. The van der Waals surface area contributed by atoms with E-state index in [0.29, 0.717) is 34.7 Å². The summed E-state index contributed by atoms with van der Waals surface area (Å²) in [5.41, 5.74) is 1.20. The first-order valence-electron chi connectivity index (χ1n) is 5.27. The van der Waals surface area contributed by atoms with Crippen LogP contribution in [0.5, 0.6) is 0 Å². The van der Waals surface area contributed by atoms with Crippen LogP contribution in [-0.2, 0) is 0 Å². The third-order valence-electron chi connectivity index (χ3n) is 2.30. The molecule has 3 heterocycles. The van der Waals surface area contributed by atoms with Crippen LogP contribution in [0.3, 0.4) is 0 Å². The number of nitrogens with zero attached hydrogens (tertiary/aromatic N) is 5. The zero-order chi connectivity index (χ0) is 12.5. The Morgan fingerprint density at radius 3 is 2.50 bits per heavy atom. The molecule has 7 heteroatoms. The zero-order valence-corrected chi connectivity index (χ0v) is 9.78. The minimum absolute atomic E-state index is 0.308. The fourth-order valence-corrected chi connectivity index (χ4v) is 1.41. The zero-order valence-electron chi connectivity index (χ0n) is 9.78. The SMILES string of the molecule is Cc1ncc(-c2noc(-c3coc(C)n3)n2)cn1. The van der Waals surface area contributed by atoms with Crippen LogP contribution in [0.2, 0.25) is 0 Å². The molecule has 18 heavy (non-hydrogen) atoms. The summed E-state index contributed by atoms with van der Waals surface area (Å²) in [5.74, 6) is 1.96. The van der Waals surface area contributed by atoms with E-state index >= 15 is 0 Å². The summed E-state index contributed by atoms with van der Waals surface area (Å²) < 4.78 is 10.2. The second-order valence-corrected chi connectivity index (χ2v) is 3.69. The Balaban J connectivity index is 1.96. The molecule has 0 saturated carbocycles. The Hall–Kier alpha value is -2.57. The molecular formula is C11H9N5O2. The molecule has 0 aromatic carbocycles. The highest BCUT2D eigenvalue weighted by molar-refractivity contribution is 5.55. The standard InChI is InChI=1S/C11H9N5O2/c1-6-12-3-8(4-13-6)10-15-11(18-16-10)9-5-17-7(2)14-9/h3-5H,1-2H3. The number of hydrogen-bond acceptors (Lipinski definition) is 7. The first kappa shape index (κ1) is 10.6. The summed E-state index contributed by atoms with van der Waals surface area (Å²) in [6.07, 6.45) is 4.76. The van der Waals surface area contributed by atoms with Gasteiger partial charge in [0.05, 0.1) is 5.56 Å². The first-order valence-corrected chi connectivity index (χ1v) is 5.27. The predicted octanol–water partition coefficient (Wildman–Crippen LogP) is 1.80. The molecule has 0 spiro atoms. The van der Waals surface area contributed by atoms with Crippen LogP contribution in [0.15, 0.2) is 27.6 Å². The highest BCUT2D eigenvalue weighted by Gasteiger charge is 2.14. The molecule has 0 atom stereocenters. The summed E-state index contributed by atoms with van der Waals surface area (Å²) in [7, 11) is 0. The van der Waals surface area contributed by atoms with Crippen molar-refractivity contribution in [1.82, 2.24) is 25.1 Å². The molecule has 7 nitrogen and oxygen atoms in total. The summed E-state index contributed by atoms with van der Waals surface area (Å²) in [6.45, 7) is 3.55. The fourth-order valence-electron chi connectivity index (χ4n) is 1.41. The van der Waals surface area contributed by atoms with Gasteiger partial charge in [-0.3, -0.25) is 0 Å². The molecular weight excluding hydrogens is 234 g/mol. The molecule has 3 aromatic heterocycles. The van der Waals surface area contributed by atoms with Gasteiger partial charge >= 0.3 is 0 Å². The third-order valence-corrected chi connectivity index (χ3v) is 2.30. The Labute approximate surface area is 102 Å². The van der Waals surface area contributed by atoms with E-state index in [1.165, 1.54) is 6.26 Å². The Morgan fingerprint density at radius 2 is 1.83 bits per heavy atom. The number of aryl methyl sites for hydroxylation is 2. The molecule has 3 aromatic rings. The summed E-state index contributed by atoms with van der Waals surface area (Å²) >= 11 is 0. The number of rotatable bonds is 2. The van der Waals surface area contributed by atoms with Gasteiger partial charge in [0.2, 0.25) is 5.82 Å². The van der Waals surface area contributed by atoms with Crippen molar-refractivity contribution < 1.29 is 8.94 Å². The molecule has 0 bridgehead atoms. The van der Waals surface area contributed by atoms with Gasteiger partial charge < -0.3 is 8.94 Å². The average Bonchev–Trinajstić information content (AvgIpc) is 2.98. The smallest absolute Gasteiger partial charge is 0.280 e. The van der Waals surface area contributed by atoms with Gasteiger partial charge in [0.25, 0.3) is 5.89 Å². The molecule has 0 N–H and O–H groups in total. The Morgan fingerprint density at radius 1 is 1.06 bits per heavy atom. The van der Waals surface area contributed by atoms with Gasteiger partial charge in [0, 0.05) is 19.3 Å². The second-order valence-electron chi connectivity index (χ2n) is 3.69. The van der Waals surface area contributed by atoms with E-state index in [9.17, 15) is 0 Å². The molecule has 3 rings (SSSR count). The van der Waals surface area contributed by atoms with Gasteiger partial charge in [-0.05, 0) is 6.92 Å². The van der Waals surface area contributed by atoms with E-state index in [0.717, 1.165) is 0 Å². The predicted molar refractivity (Wildman–Crippen MR) is 60.3 cm³/mol. The summed E-state index contributed by atoms with van der Waals surface area (Å²) in [4.78, 5) is 16.5. The molecule has 90 valence electrons. The minimum Gasteiger partial charge on any atom is -0.448 e. The minimum atomic E-state index is 0.308. The number of oxazole rings is 1. The molecule has 0 unspecified atom stereocenters. The van der Waals surface area contributed by atoms with Gasteiger partial charge in [-0.2, -0.15) is 4.98 Å². The van der Waals surface area contributed by atoms with Crippen molar-refractivity contribution in [1.29, 1.82) is 0 Å². The molecule has 0 aliphatic carbocycles. The van der Waals surface area contributed by atoms with E-state index < -0.39 is 0 Å². The number of aromatic nitrogens is 5. The summed E-state index contributed by atoms with van der Waals surface area (Å²) in [5, 5.41) is 3.85. The molecule has 0 aliphatic heterocycles. The lowest BCUT2D eigenvalue weighted by Gasteiger charge is -1.92. The van der Waals surface area contributed by atoms with Crippen LogP contribution in [0, 0.1) is 13.8 Å². The van der Waals surface area contributed by atoms with Crippen molar-refractivity contribution in [2.45, 2.75) is 13.8 Å².